The van der Waals surface area contributed by atoms with Gasteiger partial charge in [0.05, 0.1) is 12.9 Å². The van der Waals surface area contributed by atoms with Crippen LogP contribution >= 0.6 is 23.5 Å². The number of alkyl carbamates (subject to hydrolysis) is 1. The number of imidazole rings is 1. The third kappa shape index (κ3) is 10.4. The summed E-state index contributed by atoms with van der Waals surface area (Å²) in [5.41, 5.74) is 21.1. The standard InChI is InChI=1S/C30H37N10O15P3/c31-18-5-3-16-10-17-4-6-19(32)12-21(17)39(20(16)11-18)9-1-2-23(41)34-7-8-35-30(43)53-26-25(42)22(13-51-57(47,48)55-58(49,50)54-56(44,45)46)52-29(26)40-15-38-24-27(33)36-14-37-28(24)40/h3-6,10-12,14-15,22,25-26,29,42H,1-2,7-9,13H2,(H11,31,32,33,34,35,36,37,41,43,44,45,46,47,48,49,50)/p+1/t22-,25-,26+,29-/m1/s1. The molecule has 0 saturated carbocycles. The van der Waals surface area contributed by atoms with E-state index < -0.39 is 60.7 Å². The summed E-state index contributed by atoms with van der Waals surface area (Å²) < 4.78 is 61.5. The number of carbonyl (C=O) groups is 2. The van der Waals surface area contributed by atoms with Gasteiger partial charge in [0.2, 0.25) is 16.9 Å². The molecule has 28 heteroatoms. The highest BCUT2D eigenvalue weighted by molar-refractivity contribution is 7.66. The predicted molar refractivity (Wildman–Crippen MR) is 200 cm³/mol. The molecule has 0 spiro atoms. The number of nitrogens with zero attached hydrogens (tertiary/aromatic N) is 5. The van der Waals surface area contributed by atoms with Crippen LogP contribution in [0.25, 0.3) is 33.0 Å². The van der Waals surface area contributed by atoms with Gasteiger partial charge in [-0.25, -0.2) is 33.4 Å². The number of carbonyl (C=O) groups excluding carboxylic acids is 2. The highest BCUT2D eigenvalue weighted by atomic mass is 31.3. The van der Waals surface area contributed by atoms with Crippen LogP contribution in [0.2, 0.25) is 0 Å². The lowest BCUT2D eigenvalue weighted by molar-refractivity contribution is -0.645. The van der Waals surface area contributed by atoms with Gasteiger partial charge in [0.25, 0.3) is 0 Å². The van der Waals surface area contributed by atoms with Crippen molar-refractivity contribution in [2.75, 3.05) is 36.9 Å². The van der Waals surface area contributed by atoms with Crippen LogP contribution < -0.4 is 32.4 Å². The first-order chi connectivity index (χ1) is 27.3. The number of phosphoric ester groups is 1. The van der Waals surface area contributed by atoms with E-state index in [-0.39, 0.29) is 42.4 Å². The normalized spacial score (nSPS) is 20.5. The van der Waals surface area contributed by atoms with Crippen LogP contribution in [0.15, 0.2) is 55.1 Å². The Hall–Kier alpha value is -4.87. The number of aliphatic hydroxyl groups excluding tert-OH is 1. The van der Waals surface area contributed by atoms with Gasteiger partial charge in [-0.1, -0.05) is 0 Å². The highest BCUT2D eigenvalue weighted by Gasteiger charge is 2.49. The largest absolute Gasteiger partial charge is 0.490 e. The van der Waals surface area contributed by atoms with Gasteiger partial charge in [0.15, 0.2) is 23.8 Å². The molecule has 13 N–H and O–H groups in total. The molecule has 1 fully saturated rings. The number of nitrogens with two attached hydrogens (primary N) is 3. The maximum atomic E-state index is 12.9. The number of nitrogens with one attached hydrogen (secondary N) is 2. The van der Waals surface area contributed by atoms with Gasteiger partial charge in [-0.05, 0) is 30.3 Å². The lowest BCUT2D eigenvalue weighted by Gasteiger charge is -2.22. The topological polar surface area (TPSA) is 382 Å². The van der Waals surface area contributed by atoms with E-state index in [1.807, 2.05) is 42.5 Å². The zero-order valence-electron chi connectivity index (χ0n) is 29.9. The summed E-state index contributed by atoms with van der Waals surface area (Å²) >= 11 is 0. The number of hydrogen-bond donors (Lipinski definition) is 10. The molecule has 6 atom stereocenters. The zero-order valence-corrected chi connectivity index (χ0v) is 32.6. The van der Waals surface area contributed by atoms with Crippen LogP contribution in [0.1, 0.15) is 19.1 Å². The summed E-state index contributed by atoms with van der Waals surface area (Å²) in [4.78, 5) is 74.5. The molecule has 2 aromatic carbocycles. The molecule has 0 radical (unpaired) electrons. The molecule has 2 amide bonds. The lowest BCUT2D eigenvalue weighted by atomic mass is 10.1. The van der Waals surface area contributed by atoms with Crippen molar-refractivity contribution in [3.63, 3.8) is 0 Å². The smallest absolute Gasteiger partial charge is 0.439 e. The van der Waals surface area contributed by atoms with Gasteiger partial charge >= 0.3 is 29.6 Å². The molecule has 0 aliphatic carbocycles. The van der Waals surface area contributed by atoms with Crippen molar-refractivity contribution in [3.8, 4) is 0 Å². The Morgan fingerprint density at radius 1 is 0.879 bits per heavy atom. The Labute approximate surface area is 326 Å². The van der Waals surface area contributed by atoms with E-state index in [0.29, 0.717) is 24.3 Å². The van der Waals surface area contributed by atoms with E-state index in [2.05, 4.69) is 43.3 Å². The Morgan fingerprint density at radius 3 is 2.19 bits per heavy atom. The van der Waals surface area contributed by atoms with Gasteiger partial charge in [-0.3, -0.25) is 13.9 Å². The van der Waals surface area contributed by atoms with Crippen LogP contribution in [0.5, 0.6) is 0 Å². The van der Waals surface area contributed by atoms with Gasteiger partial charge in [-0.15, -0.1) is 0 Å². The number of pyridine rings is 1. The van der Waals surface area contributed by atoms with E-state index in [9.17, 15) is 38.2 Å². The van der Waals surface area contributed by atoms with Crippen molar-refractivity contribution in [3.05, 3.63) is 55.1 Å². The monoisotopic (exact) mass is 871 g/mol. The average molecular weight is 872 g/mol. The van der Waals surface area contributed by atoms with Crippen LogP contribution in [0, 0.1) is 0 Å². The fourth-order valence-electron chi connectivity index (χ4n) is 6.12. The van der Waals surface area contributed by atoms with E-state index in [4.69, 9.17) is 36.5 Å². The number of aliphatic hydroxyl groups is 1. The van der Waals surface area contributed by atoms with Crippen molar-refractivity contribution < 1.29 is 75.2 Å². The van der Waals surface area contributed by atoms with Crippen molar-refractivity contribution in [1.29, 1.82) is 0 Å². The predicted octanol–water partition coefficient (Wildman–Crippen LogP) is 0.460. The van der Waals surface area contributed by atoms with Crippen molar-refractivity contribution in [2.24, 2.45) is 0 Å². The minimum absolute atomic E-state index is 0.0104. The summed E-state index contributed by atoms with van der Waals surface area (Å²) in [7, 11) is -17.1. The van der Waals surface area contributed by atoms with E-state index in [1.54, 1.807) is 0 Å². The maximum Gasteiger partial charge on any atom is 0.490 e. The fraction of sp³-hybridized carbons (Fsp3) is 0.333. The first kappa shape index (κ1) is 42.7. The Kier molecular flexibility index (Phi) is 12.6. The maximum absolute atomic E-state index is 12.9. The summed E-state index contributed by atoms with van der Waals surface area (Å²) in [6.07, 6.45) is -4.72. The zero-order chi connectivity index (χ0) is 42.0. The Morgan fingerprint density at radius 2 is 1.53 bits per heavy atom. The third-order valence-corrected chi connectivity index (χ3v) is 12.3. The van der Waals surface area contributed by atoms with Crippen LogP contribution in [-0.2, 0) is 47.7 Å². The number of amides is 2. The summed E-state index contributed by atoms with van der Waals surface area (Å²) in [6, 6.07) is 13.2. The number of aryl methyl sites for hydroxylation is 1. The molecule has 312 valence electrons. The quantitative estimate of drug-likeness (QED) is 0.0212. The second kappa shape index (κ2) is 17.2. The van der Waals surface area contributed by atoms with Gasteiger partial charge in [0.1, 0.15) is 30.6 Å². The molecule has 5 aromatic rings. The molecule has 58 heavy (non-hydrogen) atoms. The molecule has 4 heterocycles. The number of benzene rings is 2. The molecular weight excluding hydrogens is 833 g/mol. The average Bonchev–Trinajstić information content (AvgIpc) is 3.69. The van der Waals surface area contributed by atoms with Crippen LogP contribution in [-0.4, -0.2) is 94.2 Å². The molecular formula is C30H38N10O15P3+. The Bertz CT molecular complexity index is 2440. The van der Waals surface area contributed by atoms with E-state index in [1.165, 1.54) is 10.9 Å². The molecule has 1 aliphatic heterocycles. The van der Waals surface area contributed by atoms with Gasteiger partial charge < -0.3 is 62.0 Å². The highest BCUT2D eigenvalue weighted by Crippen LogP contribution is 2.66. The molecule has 6 rings (SSSR count). The van der Waals surface area contributed by atoms with Crippen molar-refractivity contribution in [2.45, 2.75) is 43.9 Å². The fourth-order valence-corrected chi connectivity index (χ4v) is 9.15. The third-order valence-electron chi connectivity index (χ3n) is 8.54. The number of phosphoric acid groups is 3. The summed E-state index contributed by atoms with van der Waals surface area (Å²) in [6.45, 7) is -0.731. The number of hydrogen-bond acceptors (Lipinski definition) is 17. The molecule has 25 nitrogen and oxygen atoms in total. The second-order valence-corrected chi connectivity index (χ2v) is 17.1. The van der Waals surface area contributed by atoms with E-state index in [0.717, 1.165) is 28.1 Å². The summed E-state index contributed by atoms with van der Waals surface area (Å²) in [5.74, 6) is -0.328. The van der Waals surface area contributed by atoms with Crippen LogP contribution in [0.4, 0.5) is 22.0 Å². The first-order valence-electron chi connectivity index (χ1n) is 17.0. The molecule has 3 aromatic heterocycles. The SMILES string of the molecule is Nc1ccc2cc3ccc(N)cc3[n+](CCCC(=O)NCCNC(=O)O[C@H]3[C@H](O)[C@@H](COP(=O)(O)OP(=O)(O)OP(=O)(O)O)O[C@H]3n3cnc4c(N)ncnc43)c2c1. The molecule has 1 saturated heterocycles. The van der Waals surface area contributed by atoms with Crippen molar-refractivity contribution >= 4 is 85.6 Å². The number of rotatable bonds is 16. The van der Waals surface area contributed by atoms with E-state index >= 15 is 0 Å². The molecule has 2 unspecified atom stereocenters. The first-order valence-corrected chi connectivity index (χ1v) is 21.5. The lowest BCUT2D eigenvalue weighted by Crippen LogP contribution is -2.41. The number of fused-ring (bicyclic) bond motifs is 3. The Balaban J connectivity index is 1.04. The minimum Gasteiger partial charge on any atom is -0.439 e. The number of nitrogen functional groups attached to an aromatic ring is 3. The summed E-state index contributed by atoms with van der Waals surface area (Å²) in [5, 5.41) is 18.2. The van der Waals surface area contributed by atoms with Gasteiger partial charge in [-0.2, -0.15) is 13.2 Å². The molecule has 1 aliphatic rings. The number of aromatic nitrogens is 5. The number of anilines is 3. The second-order valence-electron chi connectivity index (χ2n) is 12.7. The van der Waals surface area contributed by atoms with Gasteiger partial charge in [0, 0.05) is 60.2 Å². The molecule has 0 bridgehead atoms. The van der Waals surface area contributed by atoms with Crippen LogP contribution in [0.3, 0.4) is 0 Å². The number of ether oxygens (including phenoxy) is 2. The van der Waals surface area contributed by atoms with Crippen molar-refractivity contribution in [1.82, 2.24) is 30.2 Å². The minimum atomic E-state index is -5.84.